The summed E-state index contributed by atoms with van der Waals surface area (Å²) in [5.41, 5.74) is 15.4. The number of carbonyl (C=O) groups excluding carboxylic acids is 10. The fraction of sp³-hybridized carbons (Fsp3) is 0.658. The summed E-state index contributed by atoms with van der Waals surface area (Å²) in [4.78, 5) is 139. The van der Waals surface area contributed by atoms with Crippen molar-refractivity contribution in [1.29, 1.82) is 0 Å². The minimum atomic E-state index is -0.938. The molecule has 0 saturated carbocycles. The number of aryl methyl sites for hydroxylation is 1. The average Bonchev–Trinajstić information content (AvgIpc) is 1.06. The van der Waals surface area contributed by atoms with Gasteiger partial charge in [-0.2, -0.15) is 0 Å². The number of nitrogens with zero attached hydrogens (tertiary/aromatic N) is 7. The number of urea groups is 1. The van der Waals surface area contributed by atoms with Crippen LogP contribution in [0.5, 0.6) is 0 Å². The van der Waals surface area contributed by atoms with Gasteiger partial charge in [-0.25, -0.2) is 19.3 Å². The first-order valence-corrected chi connectivity index (χ1v) is 39.8. The van der Waals surface area contributed by atoms with Crippen LogP contribution in [-0.4, -0.2) is 250 Å². The number of carbonyl (C=O) groups is 10. The van der Waals surface area contributed by atoms with E-state index in [2.05, 4.69) is 47.2 Å². The van der Waals surface area contributed by atoms with Crippen molar-refractivity contribution in [3.63, 3.8) is 0 Å². The Morgan fingerprint density at radius 3 is 1.90 bits per heavy atom. The van der Waals surface area contributed by atoms with Crippen molar-refractivity contribution in [2.45, 2.75) is 201 Å². The second-order valence-corrected chi connectivity index (χ2v) is 30.0. The molecule has 11 amide bonds. The number of hydrogen-bond acceptors (Lipinski definition) is 22. The van der Waals surface area contributed by atoms with Crippen LogP contribution in [-0.2, 0) is 135 Å². The number of rotatable bonds is 52. The predicted octanol–water partition coefficient (Wildman–Crippen LogP) is 6.24. The summed E-state index contributed by atoms with van der Waals surface area (Å²) in [6.07, 6.45) is 4.98. The van der Waals surface area contributed by atoms with Crippen LogP contribution in [0.15, 0.2) is 72.4 Å². The molecule has 35 heteroatoms. The zero-order valence-electron chi connectivity index (χ0n) is 69.3. The molecule has 1 fully saturated rings. The van der Waals surface area contributed by atoms with Gasteiger partial charge < -0.3 is 95.9 Å². The molecule has 2 aromatic heterocycles. The maximum atomic E-state index is 14.6. The molecule has 635 valence electrons. The van der Waals surface area contributed by atoms with Crippen LogP contribution >= 0.6 is 11.3 Å². The van der Waals surface area contributed by atoms with Crippen molar-refractivity contribution in [2.24, 2.45) is 35.3 Å². The van der Waals surface area contributed by atoms with Gasteiger partial charge in [0.2, 0.25) is 41.4 Å². The third-order valence-electron chi connectivity index (χ3n) is 19.4. The third kappa shape index (κ3) is 35.8. The van der Waals surface area contributed by atoms with Crippen molar-refractivity contribution in [3.8, 4) is 0 Å². The second-order valence-electron chi connectivity index (χ2n) is 29.1. The molecule has 3 heterocycles. The van der Waals surface area contributed by atoms with E-state index in [9.17, 15) is 47.9 Å². The molecule has 2 aromatic carbocycles. The standard InChI is InChI=1S/C50H74N6O8S.C29H53N9O10.Y/c1-13-34(7)44(54(9)49(60)42(31(2)3)53-47(59)43(32(4)5)55(10)50(61)64-30-37-23-21-33(6)22-24-37)40(62-11)29-41(57)56-26-17-20-39(56)45(63-12)35(8)46(58)52-38(48-51-25-27-65-48)28-36-18-15-14-16-19-36;1-21(2)26(28(42)34-23(27(41)32-3)5-4-8-33-29(31)43)35-25(40)7-11-48-20-22-19-38(37-36-22)9-12-45-14-16-47-18-17-46-15-13-44-10-6-24(30)39;/h14-16,18-19,21-25,27,31-32,34-35,38-40,42-45H,13,17,20,26,28-30H2,1-12H3,(H,52,58)(H,53,59);19,21,23,26H,4-18,20H2,1-3H3,(H8,30,31,32,33,34,35,39,40,41,42,43);/p-1. The van der Waals surface area contributed by atoms with E-state index >= 15 is 0 Å². The molecular weight excluding hydrogens is 1570 g/mol. The Hall–Kier alpha value is -7.67. The van der Waals surface area contributed by atoms with Crippen LogP contribution in [0.4, 0.5) is 9.59 Å². The molecule has 1 aliphatic rings. The van der Waals surface area contributed by atoms with Gasteiger partial charge in [0, 0.05) is 106 Å². The number of nitrogens with one attached hydrogen (secondary N) is 7. The Balaban J connectivity index is 0.000000613. The van der Waals surface area contributed by atoms with Gasteiger partial charge in [-0.15, -0.1) is 16.4 Å². The fourth-order valence-corrected chi connectivity index (χ4v) is 13.6. The first-order valence-electron chi connectivity index (χ1n) is 38.9. The van der Waals surface area contributed by atoms with Gasteiger partial charge in [0.1, 0.15) is 41.5 Å². The van der Waals surface area contributed by atoms with E-state index in [-0.39, 0.29) is 151 Å². The smallest absolute Gasteiger partial charge is 0.410 e. The Labute approximate surface area is 701 Å². The monoisotopic (exact) mass is 1690 g/mol. The number of methoxy groups -OCH3 is 2. The maximum absolute atomic E-state index is 14.6. The van der Waals surface area contributed by atoms with E-state index in [1.807, 2.05) is 120 Å². The zero-order valence-corrected chi connectivity index (χ0v) is 73.0. The number of amides is 11. The minimum Gasteiger partial charge on any atom is -0.668 e. The Kier molecular flexibility index (Phi) is 48.5. The van der Waals surface area contributed by atoms with Crippen molar-refractivity contribution in [3.05, 3.63) is 105 Å². The van der Waals surface area contributed by atoms with Gasteiger partial charge in [-0.1, -0.05) is 134 Å². The van der Waals surface area contributed by atoms with E-state index in [0.717, 1.165) is 28.1 Å². The first kappa shape index (κ1) is 101. The molecule has 0 aliphatic carbocycles. The zero-order chi connectivity index (χ0) is 83.5. The van der Waals surface area contributed by atoms with Gasteiger partial charge in [0.15, 0.2) is 0 Å². The van der Waals surface area contributed by atoms with Crippen molar-refractivity contribution >= 4 is 70.7 Å². The molecule has 11 atom stereocenters. The number of likely N-dealkylation sites (tertiary alicyclic amines) is 1. The fourth-order valence-electron chi connectivity index (χ4n) is 13.0. The van der Waals surface area contributed by atoms with Crippen molar-refractivity contribution in [1.82, 2.24) is 66.6 Å². The van der Waals surface area contributed by atoms with E-state index < -0.39 is 84.1 Å². The molecule has 1 aliphatic heterocycles. The number of benzene rings is 2. The summed E-state index contributed by atoms with van der Waals surface area (Å²) in [5, 5.41) is 27.3. The second kappa shape index (κ2) is 55.0. The van der Waals surface area contributed by atoms with Gasteiger partial charge in [0.25, 0.3) is 0 Å². The maximum Gasteiger partial charge on any atom is 0.410 e. The Bertz CT molecular complexity index is 3490. The molecule has 4 aromatic rings. The van der Waals surface area contributed by atoms with Crippen LogP contribution in [0.1, 0.15) is 147 Å². The van der Waals surface area contributed by atoms with E-state index in [1.54, 1.807) is 57.1 Å². The van der Waals surface area contributed by atoms with Crippen LogP contribution in [0.25, 0.3) is 5.73 Å². The topological polar surface area (TPSA) is 420 Å². The van der Waals surface area contributed by atoms with E-state index in [0.29, 0.717) is 90.7 Å². The summed E-state index contributed by atoms with van der Waals surface area (Å²) < 4.78 is 46.4. The Morgan fingerprint density at radius 2 is 1.33 bits per heavy atom. The van der Waals surface area contributed by atoms with Crippen LogP contribution in [0.3, 0.4) is 0 Å². The number of primary amides is 1. The molecule has 33 nitrogen and oxygen atoms in total. The summed E-state index contributed by atoms with van der Waals surface area (Å²) in [6, 6.07) is 12.2. The van der Waals surface area contributed by atoms with Crippen LogP contribution < -0.4 is 37.6 Å². The first-order chi connectivity index (χ1) is 54.0. The summed E-state index contributed by atoms with van der Waals surface area (Å²) >= 11 is 1.49. The quantitative estimate of drug-likeness (QED) is 0.0240. The van der Waals surface area contributed by atoms with Crippen LogP contribution in [0.2, 0.25) is 0 Å². The Morgan fingerprint density at radius 1 is 0.702 bits per heavy atom. The molecule has 1 saturated heterocycles. The summed E-state index contributed by atoms with van der Waals surface area (Å²) in [7, 11) is 7.81. The van der Waals surface area contributed by atoms with E-state index in [4.69, 9.17) is 49.4 Å². The van der Waals surface area contributed by atoms with Crippen molar-refractivity contribution in [2.75, 3.05) is 108 Å². The predicted molar refractivity (Wildman–Crippen MR) is 425 cm³/mol. The molecule has 0 bridgehead atoms. The molecule has 114 heavy (non-hydrogen) atoms. The van der Waals surface area contributed by atoms with Gasteiger partial charge in [-0.3, -0.25) is 38.5 Å². The number of ether oxygens (including phenoxy) is 8. The molecule has 9 N–H and O–H groups in total. The average molecular weight is 1690 g/mol. The summed E-state index contributed by atoms with van der Waals surface area (Å²) in [6.45, 7) is 23.4. The summed E-state index contributed by atoms with van der Waals surface area (Å²) in [5.74, 6) is -4.60. The molecule has 0 spiro atoms. The number of nitrogens with two attached hydrogens (primary N) is 1. The number of hydrogen-bond donors (Lipinski definition) is 7. The molecule has 11 unspecified atom stereocenters. The van der Waals surface area contributed by atoms with Crippen LogP contribution in [0, 0.1) is 36.5 Å². The van der Waals surface area contributed by atoms with E-state index in [1.165, 1.54) is 30.3 Å². The van der Waals surface area contributed by atoms with Gasteiger partial charge in [-0.05, 0) is 73.8 Å². The number of likely N-dealkylation sites (N-methyl/N-ethyl adjacent to an activating group) is 3. The molecule has 5 rings (SSSR count). The normalized spacial score (nSPS) is 15.2. The SMILES string of the molecule is CCC(C)C(C(CC(=O)N1CCCC1C(OC)C(C)C(=O)NC(Cc1ccccc1)c1nccs1)OC)N(C)C(=O)C(NC(=O)C(C(C)C)N(C)C(=O)OCc1ccc(C)cc1)C(C)C.CNC(=O)C(CCCNC(N)=O)NC(=O)C(NC(=O)CCOCc1cn(CCOCCOCCOCCOCCC([NH-])=O)nn1)C(C)C.[Y]. The molecule has 1 radical (unpaired) electrons. The largest absolute Gasteiger partial charge is 0.668 e. The van der Waals surface area contributed by atoms with Gasteiger partial charge >= 0.3 is 12.1 Å². The molecular formula is C79H126N15O18SY-. The third-order valence-corrected chi connectivity index (χ3v) is 20.3. The number of thiazole rings is 1. The van der Waals surface area contributed by atoms with Crippen molar-refractivity contribution < 1.29 is 119 Å². The van der Waals surface area contributed by atoms with Gasteiger partial charge in [0.05, 0.1) is 127 Å². The number of aromatic nitrogens is 4. The minimum absolute atomic E-state index is 0.